The molecule has 1 rings (SSSR count). The molecule has 0 N–H and O–H groups in total. The first-order valence-electron chi connectivity index (χ1n) is 11.6. The van der Waals surface area contributed by atoms with E-state index < -0.39 is 0 Å². The Morgan fingerprint density at radius 3 is 1.85 bits per heavy atom. The monoisotopic (exact) mass is 371 g/mol. The number of nitrogens with zero attached hydrogens (tertiary/aromatic N) is 1. The minimum Gasteiger partial charge on any atom is -0.296 e. The summed E-state index contributed by atoms with van der Waals surface area (Å²) in [5.41, 5.74) is 2.72. The Morgan fingerprint density at radius 1 is 0.889 bits per heavy atom. The zero-order valence-corrected chi connectivity index (χ0v) is 18.8. The highest BCUT2D eigenvalue weighted by Gasteiger charge is 2.23. The molecule has 0 aromatic heterocycles. The second-order valence-electron chi connectivity index (χ2n) is 8.30. The van der Waals surface area contributed by atoms with Crippen molar-refractivity contribution in [3.63, 3.8) is 0 Å². The molecule has 0 bridgehead atoms. The van der Waals surface area contributed by atoms with E-state index in [9.17, 15) is 0 Å². The van der Waals surface area contributed by atoms with Gasteiger partial charge in [0.2, 0.25) is 0 Å². The molecule has 0 aliphatic carbocycles. The largest absolute Gasteiger partial charge is 0.296 e. The second kappa shape index (κ2) is 14.0. The summed E-state index contributed by atoms with van der Waals surface area (Å²) in [5, 5.41) is 0. The van der Waals surface area contributed by atoms with Crippen LogP contribution in [0.3, 0.4) is 0 Å². The Labute approximate surface area is 170 Å². The number of hydrogen-bond acceptors (Lipinski definition) is 1. The molecule has 1 aromatic carbocycles. The molecule has 0 fully saturated rings. The SMILES string of the molecule is C=Cc1ccccc1C(C)N(CC(CC)CCCC)CC(CC)CCCC. The van der Waals surface area contributed by atoms with Crippen molar-refractivity contribution in [2.24, 2.45) is 11.8 Å². The summed E-state index contributed by atoms with van der Waals surface area (Å²) >= 11 is 0. The lowest BCUT2D eigenvalue weighted by molar-refractivity contribution is 0.138. The van der Waals surface area contributed by atoms with Crippen LogP contribution in [0.15, 0.2) is 30.8 Å². The van der Waals surface area contributed by atoms with Crippen LogP contribution < -0.4 is 0 Å². The first-order valence-corrected chi connectivity index (χ1v) is 11.6. The first kappa shape index (κ1) is 24.0. The van der Waals surface area contributed by atoms with Gasteiger partial charge in [-0.05, 0) is 42.7 Å². The summed E-state index contributed by atoms with van der Waals surface area (Å²) in [5.74, 6) is 1.62. The number of benzene rings is 1. The molecular formula is C26H45N. The topological polar surface area (TPSA) is 3.24 Å². The lowest BCUT2D eigenvalue weighted by atomic mass is 9.92. The highest BCUT2D eigenvalue weighted by atomic mass is 15.2. The van der Waals surface area contributed by atoms with Gasteiger partial charge in [0.1, 0.15) is 0 Å². The fourth-order valence-electron chi connectivity index (χ4n) is 4.16. The van der Waals surface area contributed by atoms with Gasteiger partial charge >= 0.3 is 0 Å². The summed E-state index contributed by atoms with van der Waals surface area (Å²) in [6, 6.07) is 9.27. The molecule has 0 amide bonds. The van der Waals surface area contributed by atoms with Crippen molar-refractivity contribution in [1.82, 2.24) is 4.90 Å². The van der Waals surface area contributed by atoms with Crippen molar-refractivity contribution < 1.29 is 0 Å². The highest BCUT2D eigenvalue weighted by molar-refractivity contribution is 5.52. The van der Waals surface area contributed by atoms with Gasteiger partial charge < -0.3 is 0 Å². The molecule has 3 atom stereocenters. The maximum Gasteiger partial charge on any atom is 0.0326 e. The maximum absolute atomic E-state index is 4.05. The number of rotatable bonds is 15. The molecule has 1 heteroatoms. The van der Waals surface area contributed by atoms with Gasteiger partial charge in [-0.2, -0.15) is 0 Å². The summed E-state index contributed by atoms with van der Waals surface area (Å²) in [7, 11) is 0. The van der Waals surface area contributed by atoms with Gasteiger partial charge in [-0.25, -0.2) is 0 Å². The van der Waals surface area contributed by atoms with Crippen LogP contribution in [0, 0.1) is 11.8 Å². The molecule has 0 heterocycles. The summed E-state index contributed by atoms with van der Waals surface area (Å²) in [6.45, 7) is 18.3. The molecule has 27 heavy (non-hydrogen) atoms. The predicted octanol–water partition coefficient (Wildman–Crippen LogP) is 8.13. The van der Waals surface area contributed by atoms with Crippen molar-refractivity contribution in [2.75, 3.05) is 13.1 Å². The van der Waals surface area contributed by atoms with Gasteiger partial charge in [0, 0.05) is 19.1 Å². The van der Waals surface area contributed by atoms with Crippen LogP contribution in [0.1, 0.15) is 103 Å². The van der Waals surface area contributed by atoms with Crippen LogP contribution in [0.25, 0.3) is 6.08 Å². The van der Waals surface area contributed by atoms with Crippen molar-refractivity contribution >= 4 is 6.08 Å². The minimum atomic E-state index is 0.450. The molecule has 0 spiro atoms. The van der Waals surface area contributed by atoms with E-state index in [1.54, 1.807) is 0 Å². The molecule has 0 saturated heterocycles. The maximum atomic E-state index is 4.05. The number of hydrogen-bond donors (Lipinski definition) is 0. The van der Waals surface area contributed by atoms with Crippen molar-refractivity contribution in [1.29, 1.82) is 0 Å². The predicted molar refractivity (Wildman–Crippen MR) is 123 cm³/mol. The Morgan fingerprint density at radius 2 is 1.41 bits per heavy atom. The third kappa shape index (κ3) is 8.21. The van der Waals surface area contributed by atoms with Gasteiger partial charge in [0.15, 0.2) is 0 Å². The van der Waals surface area contributed by atoms with Crippen molar-refractivity contribution in [2.45, 2.75) is 92.0 Å². The van der Waals surface area contributed by atoms with Gasteiger partial charge in [-0.15, -0.1) is 0 Å². The Hall–Kier alpha value is -1.08. The van der Waals surface area contributed by atoms with Crippen LogP contribution in [-0.2, 0) is 0 Å². The molecular weight excluding hydrogens is 326 g/mol. The summed E-state index contributed by atoms with van der Waals surface area (Å²) < 4.78 is 0. The fourth-order valence-corrected chi connectivity index (χ4v) is 4.16. The molecule has 0 aliphatic rings. The molecule has 0 aliphatic heterocycles. The minimum absolute atomic E-state index is 0.450. The normalized spacial score (nSPS) is 14.9. The molecule has 3 unspecified atom stereocenters. The Bertz CT molecular complexity index is 489. The third-order valence-corrected chi connectivity index (χ3v) is 6.29. The highest BCUT2D eigenvalue weighted by Crippen LogP contribution is 2.29. The lowest BCUT2D eigenvalue weighted by Gasteiger charge is -2.36. The molecule has 0 radical (unpaired) electrons. The van der Waals surface area contributed by atoms with Crippen molar-refractivity contribution in [3.05, 3.63) is 42.0 Å². The average Bonchev–Trinajstić information content (AvgIpc) is 2.72. The van der Waals surface area contributed by atoms with E-state index in [1.165, 1.54) is 75.6 Å². The van der Waals surface area contributed by atoms with E-state index in [-0.39, 0.29) is 0 Å². The first-order chi connectivity index (χ1) is 13.1. The molecule has 154 valence electrons. The zero-order chi connectivity index (χ0) is 20.1. The molecule has 1 nitrogen and oxygen atoms in total. The van der Waals surface area contributed by atoms with E-state index in [2.05, 4.69) is 70.4 Å². The van der Waals surface area contributed by atoms with Crippen LogP contribution in [0.4, 0.5) is 0 Å². The van der Waals surface area contributed by atoms with Gasteiger partial charge in [-0.1, -0.05) is 103 Å². The molecule has 1 aromatic rings. The average molecular weight is 372 g/mol. The van der Waals surface area contributed by atoms with Crippen LogP contribution in [0.5, 0.6) is 0 Å². The van der Waals surface area contributed by atoms with E-state index in [0.29, 0.717) is 6.04 Å². The lowest BCUT2D eigenvalue weighted by Crippen LogP contribution is -2.36. The van der Waals surface area contributed by atoms with Gasteiger partial charge in [-0.3, -0.25) is 4.90 Å². The smallest absolute Gasteiger partial charge is 0.0326 e. The summed E-state index contributed by atoms with van der Waals surface area (Å²) in [4.78, 5) is 2.79. The second-order valence-corrected chi connectivity index (χ2v) is 8.30. The van der Waals surface area contributed by atoms with Gasteiger partial charge in [0.25, 0.3) is 0 Å². The molecule has 0 saturated carbocycles. The third-order valence-electron chi connectivity index (χ3n) is 6.29. The number of unbranched alkanes of at least 4 members (excludes halogenated alkanes) is 2. The van der Waals surface area contributed by atoms with Gasteiger partial charge in [0.05, 0.1) is 0 Å². The fraction of sp³-hybridized carbons (Fsp3) is 0.692. The van der Waals surface area contributed by atoms with Crippen LogP contribution >= 0.6 is 0 Å². The Kier molecular flexibility index (Phi) is 12.4. The summed E-state index contributed by atoms with van der Waals surface area (Å²) in [6.07, 6.45) is 12.7. The Balaban J connectivity index is 3.01. The quantitative estimate of drug-likeness (QED) is 0.301. The van der Waals surface area contributed by atoms with E-state index in [0.717, 1.165) is 11.8 Å². The standard InChI is InChI=1S/C26H45N/c1-7-12-16-23(9-3)20-27(21-24(10-4)17-13-8-2)22(6)26-19-15-14-18-25(26)11-5/h11,14-15,18-19,22-24H,5,7-10,12-13,16-17,20-21H2,1-4,6H3. The van der Waals surface area contributed by atoms with E-state index >= 15 is 0 Å². The zero-order valence-electron chi connectivity index (χ0n) is 18.8. The van der Waals surface area contributed by atoms with E-state index in [4.69, 9.17) is 0 Å². The van der Waals surface area contributed by atoms with E-state index in [1.807, 2.05) is 6.08 Å². The van der Waals surface area contributed by atoms with Crippen LogP contribution in [-0.4, -0.2) is 18.0 Å². The van der Waals surface area contributed by atoms with Crippen molar-refractivity contribution in [3.8, 4) is 0 Å². The van der Waals surface area contributed by atoms with Crippen LogP contribution in [0.2, 0.25) is 0 Å².